The molecule has 2 atom stereocenters. The van der Waals surface area contributed by atoms with Crippen LogP contribution in [0.2, 0.25) is 0 Å². The van der Waals surface area contributed by atoms with Crippen molar-refractivity contribution in [1.29, 1.82) is 0 Å². The lowest BCUT2D eigenvalue weighted by atomic mass is 10.0. The zero-order valence-corrected chi connectivity index (χ0v) is 17.0. The van der Waals surface area contributed by atoms with Gasteiger partial charge in [-0.2, -0.15) is 13.2 Å². The zero-order valence-electron chi connectivity index (χ0n) is 14.8. The first-order valence-electron chi connectivity index (χ1n) is 7.78. The molecule has 0 heterocycles. The largest absolute Gasteiger partial charge is 0.450 e. The van der Waals surface area contributed by atoms with E-state index in [1.165, 1.54) is 12.1 Å². The van der Waals surface area contributed by atoms with Crippen LogP contribution in [0.15, 0.2) is 24.3 Å². The van der Waals surface area contributed by atoms with Crippen LogP contribution in [0.4, 0.5) is 18.0 Å². The second-order valence-electron chi connectivity index (χ2n) is 6.58. The third kappa shape index (κ3) is 8.24. The molecule has 1 aromatic rings. The molecule has 0 saturated carbocycles. The average molecular weight is 487 g/mol. The van der Waals surface area contributed by atoms with Gasteiger partial charge < -0.3 is 14.8 Å². The molecule has 0 aromatic heterocycles. The predicted molar refractivity (Wildman–Crippen MR) is 97.9 cm³/mol. The molecule has 1 N–H and O–H groups in total. The van der Waals surface area contributed by atoms with E-state index < -0.39 is 39.6 Å². The Morgan fingerprint density at radius 3 is 2.35 bits per heavy atom. The van der Waals surface area contributed by atoms with Gasteiger partial charge in [0.15, 0.2) is 0 Å². The van der Waals surface area contributed by atoms with Gasteiger partial charge in [-0.05, 0) is 61.9 Å². The van der Waals surface area contributed by atoms with Crippen LogP contribution in [0.3, 0.4) is 0 Å². The van der Waals surface area contributed by atoms with E-state index in [1.807, 2.05) is 22.6 Å². The summed E-state index contributed by atoms with van der Waals surface area (Å²) >= 11 is 1.86. The van der Waals surface area contributed by atoms with Crippen molar-refractivity contribution in [1.82, 2.24) is 5.32 Å². The molecule has 1 unspecified atom stereocenters. The molecule has 9 heteroatoms. The molecule has 0 aliphatic carbocycles. The van der Waals surface area contributed by atoms with Crippen LogP contribution in [0, 0.1) is 0 Å². The standard InChI is InChI=1S/C17H21F3INO4/c1-10(21)25-14(23)13(22-15(24)26-16(2,3)4)9-11-6-5-7-12(8-11)17(18,19)20/h5-8,10,13H,9H2,1-4H3,(H,22,24)/t10?,13-/m1/s1. The summed E-state index contributed by atoms with van der Waals surface area (Å²) in [7, 11) is 0. The number of carbonyl (C=O) groups is 2. The van der Waals surface area contributed by atoms with Crippen molar-refractivity contribution in [2.75, 3.05) is 0 Å². The van der Waals surface area contributed by atoms with Crippen molar-refractivity contribution in [2.45, 2.75) is 56.0 Å². The van der Waals surface area contributed by atoms with Gasteiger partial charge >= 0.3 is 18.2 Å². The summed E-state index contributed by atoms with van der Waals surface area (Å²) < 4.78 is 48.2. The molecular weight excluding hydrogens is 466 g/mol. The lowest BCUT2D eigenvalue weighted by Crippen LogP contribution is -2.45. The molecule has 5 nitrogen and oxygen atoms in total. The van der Waals surface area contributed by atoms with Gasteiger partial charge in [-0.3, -0.25) is 0 Å². The number of amides is 1. The van der Waals surface area contributed by atoms with Gasteiger partial charge in [0.2, 0.25) is 0 Å². The molecule has 1 amide bonds. The minimum absolute atomic E-state index is 0.161. The maximum absolute atomic E-state index is 12.8. The number of esters is 1. The van der Waals surface area contributed by atoms with E-state index in [2.05, 4.69) is 5.32 Å². The normalized spacial score (nSPS) is 14.3. The zero-order chi connectivity index (χ0) is 20.1. The maximum Gasteiger partial charge on any atom is 0.416 e. The minimum Gasteiger partial charge on any atom is -0.450 e. The highest BCUT2D eigenvalue weighted by Gasteiger charge is 2.31. The van der Waals surface area contributed by atoms with E-state index in [0.717, 1.165) is 12.1 Å². The number of hydrogen-bond donors (Lipinski definition) is 1. The highest BCUT2D eigenvalue weighted by molar-refractivity contribution is 14.1. The number of hydrogen-bond acceptors (Lipinski definition) is 4. The third-order valence-electron chi connectivity index (χ3n) is 2.95. The second kappa shape index (κ2) is 8.92. The van der Waals surface area contributed by atoms with Crippen molar-refractivity contribution >= 4 is 34.7 Å². The number of nitrogens with one attached hydrogen (secondary N) is 1. The van der Waals surface area contributed by atoms with Gasteiger partial charge in [-0.15, -0.1) is 0 Å². The summed E-state index contributed by atoms with van der Waals surface area (Å²) in [5.74, 6) is -0.754. The summed E-state index contributed by atoms with van der Waals surface area (Å²) in [5.41, 5.74) is -1.38. The SMILES string of the molecule is CC(I)OC(=O)[C@@H](Cc1cccc(C(F)(F)F)c1)NC(=O)OC(C)(C)C. The molecule has 0 aliphatic heterocycles. The number of ether oxygens (including phenoxy) is 2. The average Bonchev–Trinajstić information content (AvgIpc) is 2.43. The van der Waals surface area contributed by atoms with Crippen LogP contribution in [0.25, 0.3) is 0 Å². The first-order valence-corrected chi connectivity index (χ1v) is 9.02. The second-order valence-corrected chi connectivity index (χ2v) is 8.34. The van der Waals surface area contributed by atoms with E-state index in [-0.39, 0.29) is 12.0 Å². The first kappa shape index (κ1) is 22.5. The number of carbonyl (C=O) groups excluding carboxylic acids is 2. The van der Waals surface area contributed by atoms with Gasteiger partial charge in [0.05, 0.1) is 5.56 Å². The number of benzene rings is 1. The maximum atomic E-state index is 12.8. The van der Waals surface area contributed by atoms with E-state index in [1.54, 1.807) is 27.7 Å². The smallest absolute Gasteiger partial charge is 0.416 e. The number of halogens is 4. The fraction of sp³-hybridized carbons (Fsp3) is 0.529. The Balaban J connectivity index is 2.98. The lowest BCUT2D eigenvalue weighted by Gasteiger charge is -2.23. The number of rotatable bonds is 5. The molecule has 1 rings (SSSR count). The first-order chi connectivity index (χ1) is 11.8. The van der Waals surface area contributed by atoms with Crippen LogP contribution in [-0.4, -0.2) is 27.8 Å². The molecule has 0 spiro atoms. The molecule has 0 saturated heterocycles. The Morgan fingerprint density at radius 2 is 1.85 bits per heavy atom. The fourth-order valence-electron chi connectivity index (χ4n) is 2.00. The van der Waals surface area contributed by atoms with Crippen molar-refractivity contribution in [3.63, 3.8) is 0 Å². The van der Waals surface area contributed by atoms with Crippen LogP contribution < -0.4 is 5.32 Å². The van der Waals surface area contributed by atoms with E-state index in [4.69, 9.17) is 9.47 Å². The Morgan fingerprint density at radius 1 is 1.23 bits per heavy atom. The summed E-state index contributed by atoms with van der Waals surface area (Å²) in [6, 6.07) is 3.38. The highest BCUT2D eigenvalue weighted by atomic mass is 127. The van der Waals surface area contributed by atoms with Crippen molar-refractivity contribution in [3.8, 4) is 0 Å². The van der Waals surface area contributed by atoms with Crippen molar-refractivity contribution in [3.05, 3.63) is 35.4 Å². The fourth-order valence-corrected chi connectivity index (χ4v) is 2.25. The molecule has 0 fully saturated rings. The quantitative estimate of drug-likeness (QED) is 0.379. The molecular formula is C17H21F3INO4. The number of alkyl carbamates (subject to hydrolysis) is 1. The molecule has 26 heavy (non-hydrogen) atoms. The molecule has 1 aromatic carbocycles. The minimum atomic E-state index is -4.50. The summed E-state index contributed by atoms with van der Waals surface area (Å²) in [6.07, 6.45) is -5.51. The van der Waals surface area contributed by atoms with Gasteiger partial charge in [0, 0.05) is 6.42 Å². The summed E-state index contributed by atoms with van der Waals surface area (Å²) in [4.78, 5) is 24.2. The van der Waals surface area contributed by atoms with Crippen LogP contribution in [0.1, 0.15) is 38.8 Å². The van der Waals surface area contributed by atoms with Crippen LogP contribution >= 0.6 is 22.6 Å². The highest BCUT2D eigenvalue weighted by Crippen LogP contribution is 2.29. The molecule has 0 radical (unpaired) electrons. The molecule has 0 bridgehead atoms. The third-order valence-corrected chi connectivity index (χ3v) is 3.20. The topological polar surface area (TPSA) is 64.6 Å². The predicted octanol–water partition coefficient (Wildman–Crippen LogP) is 4.47. The monoisotopic (exact) mass is 487 g/mol. The Kier molecular flexibility index (Phi) is 7.72. The van der Waals surface area contributed by atoms with Gasteiger partial charge in [0.25, 0.3) is 0 Å². The van der Waals surface area contributed by atoms with Gasteiger partial charge in [-0.1, -0.05) is 18.2 Å². The van der Waals surface area contributed by atoms with Crippen molar-refractivity contribution < 1.29 is 32.2 Å². The van der Waals surface area contributed by atoms with E-state index >= 15 is 0 Å². The number of alkyl halides is 4. The summed E-state index contributed by atoms with van der Waals surface area (Å²) in [6.45, 7) is 6.58. The van der Waals surface area contributed by atoms with Crippen molar-refractivity contribution in [2.24, 2.45) is 0 Å². The van der Waals surface area contributed by atoms with Gasteiger partial charge in [0.1, 0.15) is 15.8 Å². The van der Waals surface area contributed by atoms with Crippen LogP contribution in [-0.2, 0) is 26.9 Å². The Hall–Kier alpha value is -1.52. The molecule has 146 valence electrons. The summed E-state index contributed by atoms with van der Waals surface area (Å²) in [5, 5.41) is 2.37. The Bertz CT molecular complexity index is 642. The van der Waals surface area contributed by atoms with E-state index in [0.29, 0.717) is 0 Å². The lowest BCUT2D eigenvalue weighted by molar-refractivity contribution is -0.146. The van der Waals surface area contributed by atoms with E-state index in [9.17, 15) is 22.8 Å². The van der Waals surface area contributed by atoms with Gasteiger partial charge in [-0.25, -0.2) is 9.59 Å². The Labute approximate surface area is 163 Å². The molecule has 0 aliphatic rings. The van der Waals surface area contributed by atoms with Crippen LogP contribution in [0.5, 0.6) is 0 Å².